The standard InChI is InChI=1S/C12H17NO2/c1-13(2)10-5-6-11(14)12(7-10)15-8-9-3-4-9/h5-7,9,14H,3-4,8H2,1-2H3. The molecule has 3 nitrogen and oxygen atoms in total. The number of nitrogens with zero attached hydrogens (tertiary/aromatic N) is 1. The fourth-order valence-electron chi connectivity index (χ4n) is 1.39. The molecular formula is C12H17NO2. The molecule has 1 aliphatic rings. The Bertz CT molecular complexity index is 345. The molecule has 1 N–H and O–H groups in total. The lowest BCUT2D eigenvalue weighted by atomic mass is 10.2. The largest absolute Gasteiger partial charge is 0.504 e. The molecule has 0 radical (unpaired) electrons. The second-order valence-corrected chi connectivity index (χ2v) is 4.30. The zero-order valence-corrected chi connectivity index (χ0v) is 9.23. The Morgan fingerprint density at radius 2 is 2.13 bits per heavy atom. The van der Waals surface area contributed by atoms with Gasteiger partial charge in [0.05, 0.1) is 6.61 Å². The van der Waals surface area contributed by atoms with Gasteiger partial charge in [0.25, 0.3) is 0 Å². The second-order valence-electron chi connectivity index (χ2n) is 4.30. The topological polar surface area (TPSA) is 32.7 Å². The third-order valence-corrected chi connectivity index (χ3v) is 2.63. The van der Waals surface area contributed by atoms with Crippen LogP contribution in [0.15, 0.2) is 18.2 Å². The number of rotatable bonds is 4. The van der Waals surface area contributed by atoms with Crippen LogP contribution in [0.3, 0.4) is 0 Å². The zero-order chi connectivity index (χ0) is 10.8. The number of hydrogen-bond acceptors (Lipinski definition) is 3. The predicted octanol–water partition coefficient (Wildman–Crippen LogP) is 2.25. The van der Waals surface area contributed by atoms with E-state index in [-0.39, 0.29) is 5.75 Å². The van der Waals surface area contributed by atoms with Crippen LogP contribution in [-0.2, 0) is 0 Å². The molecule has 0 unspecified atom stereocenters. The van der Waals surface area contributed by atoms with Crippen LogP contribution in [0, 0.1) is 5.92 Å². The van der Waals surface area contributed by atoms with E-state index < -0.39 is 0 Å². The SMILES string of the molecule is CN(C)c1ccc(O)c(OCC2CC2)c1. The Balaban J connectivity index is 2.08. The summed E-state index contributed by atoms with van der Waals surface area (Å²) in [6.07, 6.45) is 2.52. The van der Waals surface area contributed by atoms with Gasteiger partial charge in [-0.05, 0) is 30.9 Å². The normalized spacial score (nSPS) is 15.1. The van der Waals surface area contributed by atoms with Gasteiger partial charge in [-0.3, -0.25) is 0 Å². The van der Waals surface area contributed by atoms with Gasteiger partial charge in [-0.15, -0.1) is 0 Å². The number of aromatic hydroxyl groups is 1. The molecule has 2 rings (SSSR count). The molecule has 3 heteroatoms. The summed E-state index contributed by atoms with van der Waals surface area (Å²) in [4.78, 5) is 1.99. The molecule has 1 aromatic carbocycles. The first-order valence-corrected chi connectivity index (χ1v) is 5.30. The minimum atomic E-state index is 0.223. The van der Waals surface area contributed by atoms with Gasteiger partial charge in [0.1, 0.15) is 0 Å². The summed E-state index contributed by atoms with van der Waals surface area (Å²) >= 11 is 0. The Kier molecular flexibility index (Phi) is 2.71. The quantitative estimate of drug-likeness (QED) is 0.822. The maximum Gasteiger partial charge on any atom is 0.162 e. The van der Waals surface area contributed by atoms with E-state index in [0.717, 1.165) is 12.3 Å². The highest BCUT2D eigenvalue weighted by molar-refractivity contribution is 5.55. The Labute approximate surface area is 90.3 Å². The second kappa shape index (κ2) is 4.01. The van der Waals surface area contributed by atoms with Crippen molar-refractivity contribution in [2.24, 2.45) is 5.92 Å². The van der Waals surface area contributed by atoms with E-state index in [1.54, 1.807) is 6.07 Å². The van der Waals surface area contributed by atoms with Crippen LogP contribution in [0.25, 0.3) is 0 Å². The molecule has 82 valence electrons. The zero-order valence-electron chi connectivity index (χ0n) is 9.23. The molecule has 1 saturated carbocycles. The van der Waals surface area contributed by atoms with Crippen molar-refractivity contribution >= 4 is 5.69 Å². The van der Waals surface area contributed by atoms with Crippen LogP contribution in [0.5, 0.6) is 11.5 Å². The van der Waals surface area contributed by atoms with E-state index in [1.807, 2.05) is 31.1 Å². The fourth-order valence-corrected chi connectivity index (χ4v) is 1.39. The lowest BCUT2D eigenvalue weighted by Gasteiger charge is -2.15. The van der Waals surface area contributed by atoms with Gasteiger partial charge in [-0.25, -0.2) is 0 Å². The molecular weight excluding hydrogens is 190 g/mol. The summed E-state index contributed by atoms with van der Waals surface area (Å²) < 4.78 is 5.57. The fraction of sp³-hybridized carbons (Fsp3) is 0.500. The molecule has 0 atom stereocenters. The average molecular weight is 207 g/mol. The molecule has 0 saturated heterocycles. The van der Waals surface area contributed by atoms with Crippen LogP contribution in [0.4, 0.5) is 5.69 Å². The van der Waals surface area contributed by atoms with E-state index in [2.05, 4.69) is 0 Å². The number of hydrogen-bond donors (Lipinski definition) is 1. The highest BCUT2D eigenvalue weighted by Crippen LogP contribution is 2.34. The first-order valence-electron chi connectivity index (χ1n) is 5.30. The van der Waals surface area contributed by atoms with Crippen molar-refractivity contribution in [3.8, 4) is 11.5 Å². The molecule has 0 aromatic heterocycles. The summed E-state index contributed by atoms with van der Waals surface area (Å²) in [5, 5.41) is 9.61. The smallest absolute Gasteiger partial charge is 0.162 e. The van der Waals surface area contributed by atoms with Crippen molar-refractivity contribution in [1.29, 1.82) is 0 Å². The molecule has 0 heterocycles. The molecule has 15 heavy (non-hydrogen) atoms. The van der Waals surface area contributed by atoms with Crippen molar-refractivity contribution in [2.75, 3.05) is 25.6 Å². The van der Waals surface area contributed by atoms with Crippen molar-refractivity contribution in [1.82, 2.24) is 0 Å². The molecule has 1 fully saturated rings. The Hall–Kier alpha value is -1.38. The third-order valence-electron chi connectivity index (χ3n) is 2.63. The number of phenolic OH excluding ortho intramolecular Hbond substituents is 1. The first kappa shape index (κ1) is 10.1. The van der Waals surface area contributed by atoms with Gasteiger partial charge in [-0.2, -0.15) is 0 Å². The molecule has 1 aliphatic carbocycles. The van der Waals surface area contributed by atoms with Crippen LogP contribution < -0.4 is 9.64 Å². The summed E-state index contributed by atoms with van der Waals surface area (Å²) in [5.41, 5.74) is 1.04. The number of benzene rings is 1. The van der Waals surface area contributed by atoms with Crippen LogP contribution in [0.1, 0.15) is 12.8 Å². The number of anilines is 1. The molecule has 0 spiro atoms. The number of phenols is 1. The first-order chi connectivity index (χ1) is 7.16. The van der Waals surface area contributed by atoms with Crippen LogP contribution in [0.2, 0.25) is 0 Å². The highest BCUT2D eigenvalue weighted by Gasteiger charge is 2.22. The lowest BCUT2D eigenvalue weighted by molar-refractivity contribution is 0.284. The minimum absolute atomic E-state index is 0.223. The van der Waals surface area contributed by atoms with Crippen molar-refractivity contribution in [3.05, 3.63) is 18.2 Å². The summed E-state index contributed by atoms with van der Waals surface area (Å²) in [5.74, 6) is 1.52. The lowest BCUT2D eigenvalue weighted by Crippen LogP contribution is -2.09. The summed E-state index contributed by atoms with van der Waals surface area (Å²) in [7, 11) is 3.94. The summed E-state index contributed by atoms with van der Waals surface area (Å²) in [6.45, 7) is 0.727. The molecule has 0 amide bonds. The van der Waals surface area contributed by atoms with Gasteiger partial charge in [0.2, 0.25) is 0 Å². The van der Waals surface area contributed by atoms with Crippen LogP contribution in [-0.4, -0.2) is 25.8 Å². The van der Waals surface area contributed by atoms with Crippen molar-refractivity contribution < 1.29 is 9.84 Å². The van der Waals surface area contributed by atoms with E-state index in [4.69, 9.17) is 4.74 Å². The monoisotopic (exact) mass is 207 g/mol. The molecule has 1 aromatic rings. The highest BCUT2D eigenvalue weighted by atomic mass is 16.5. The maximum atomic E-state index is 9.61. The van der Waals surface area contributed by atoms with Crippen molar-refractivity contribution in [3.63, 3.8) is 0 Å². The minimum Gasteiger partial charge on any atom is -0.504 e. The Morgan fingerprint density at radius 1 is 1.40 bits per heavy atom. The van der Waals surface area contributed by atoms with Gasteiger partial charge in [-0.1, -0.05) is 0 Å². The van der Waals surface area contributed by atoms with E-state index >= 15 is 0 Å². The summed E-state index contributed by atoms with van der Waals surface area (Å²) in [6, 6.07) is 5.43. The number of ether oxygens (including phenoxy) is 1. The van der Waals surface area contributed by atoms with Crippen molar-refractivity contribution in [2.45, 2.75) is 12.8 Å². The van der Waals surface area contributed by atoms with E-state index in [0.29, 0.717) is 11.7 Å². The maximum absolute atomic E-state index is 9.61. The predicted molar refractivity (Wildman–Crippen MR) is 60.7 cm³/mol. The van der Waals surface area contributed by atoms with E-state index in [9.17, 15) is 5.11 Å². The average Bonchev–Trinajstić information content (AvgIpc) is 3.00. The van der Waals surface area contributed by atoms with Gasteiger partial charge in [0.15, 0.2) is 11.5 Å². The molecule has 0 bridgehead atoms. The van der Waals surface area contributed by atoms with Crippen LogP contribution >= 0.6 is 0 Å². The molecule has 0 aliphatic heterocycles. The van der Waals surface area contributed by atoms with Gasteiger partial charge in [0, 0.05) is 25.8 Å². The van der Waals surface area contributed by atoms with E-state index in [1.165, 1.54) is 12.8 Å². The van der Waals surface area contributed by atoms with Gasteiger partial charge < -0.3 is 14.7 Å². The third kappa shape index (κ3) is 2.55. The van der Waals surface area contributed by atoms with Gasteiger partial charge >= 0.3 is 0 Å². The Morgan fingerprint density at radius 3 is 2.73 bits per heavy atom.